The maximum absolute atomic E-state index is 11.1. The Labute approximate surface area is 147 Å². The van der Waals surface area contributed by atoms with E-state index in [-0.39, 0.29) is 0 Å². The molecule has 1 atom stereocenters. The van der Waals surface area contributed by atoms with Gasteiger partial charge < -0.3 is 19.9 Å². The average Bonchev–Trinajstić information content (AvgIpc) is 2.63. The van der Waals surface area contributed by atoms with Crippen molar-refractivity contribution in [1.82, 2.24) is 5.32 Å². The number of rotatable bonds is 7. The highest BCUT2D eigenvalue weighted by atomic mass is 16.5. The Bertz CT molecular complexity index is 746. The SMILES string of the molecule is COCC1(CNCc2cccc(C(=O)O)c2)OCCc2ccccc21. The molecule has 3 rings (SSSR count). The number of aromatic carboxylic acids is 1. The summed E-state index contributed by atoms with van der Waals surface area (Å²) in [4.78, 5) is 11.1. The molecule has 0 spiro atoms. The van der Waals surface area contributed by atoms with E-state index in [1.54, 1.807) is 25.3 Å². The molecule has 0 fully saturated rings. The van der Waals surface area contributed by atoms with Crippen molar-refractivity contribution in [3.63, 3.8) is 0 Å². The normalized spacial score (nSPS) is 19.4. The maximum Gasteiger partial charge on any atom is 0.335 e. The number of fused-ring (bicyclic) bond motifs is 1. The van der Waals surface area contributed by atoms with Gasteiger partial charge in [-0.05, 0) is 35.2 Å². The first kappa shape index (κ1) is 17.6. The minimum atomic E-state index is -0.915. The molecule has 0 amide bonds. The van der Waals surface area contributed by atoms with Gasteiger partial charge in [-0.2, -0.15) is 0 Å². The van der Waals surface area contributed by atoms with E-state index in [2.05, 4.69) is 17.4 Å². The number of methoxy groups -OCH3 is 1. The van der Waals surface area contributed by atoms with Crippen molar-refractivity contribution in [3.05, 3.63) is 70.8 Å². The second-order valence-electron chi connectivity index (χ2n) is 6.29. The van der Waals surface area contributed by atoms with Crippen molar-refractivity contribution in [1.29, 1.82) is 0 Å². The highest BCUT2D eigenvalue weighted by Gasteiger charge is 2.37. The Morgan fingerprint density at radius 1 is 1.28 bits per heavy atom. The van der Waals surface area contributed by atoms with Crippen LogP contribution in [0.5, 0.6) is 0 Å². The molecule has 0 radical (unpaired) electrons. The Hall–Kier alpha value is -2.21. The second kappa shape index (κ2) is 7.78. The summed E-state index contributed by atoms with van der Waals surface area (Å²) in [7, 11) is 1.68. The molecule has 132 valence electrons. The van der Waals surface area contributed by atoms with Crippen molar-refractivity contribution < 1.29 is 19.4 Å². The molecule has 5 nitrogen and oxygen atoms in total. The number of carboxylic acids is 1. The van der Waals surface area contributed by atoms with Gasteiger partial charge in [0.25, 0.3) is 0 Å². The molecule has 1 aliphatic heterocycles. The smallest absolute Gasteiger partial charge is 0.335 e. The van der Waals surface area contributed by atoms with Crippen molar-refractivity contribution in [2.45, 2.75) is 18.6 Å². The Morgan fingerprint density at radius 2 is 2.12 bits per heavy atom. The number of benzene rings is 2. The molecule has 0 aromatic heterocycles. The average molecular weight is 341 g/mol. The van der Waals surface area contributed by atoms with Gasteiger partial charge in [0.05, 0.1) is 18.8 Å². The third kappa shape index (κ3) is 3.90. The van der Waals surface area contributed by atoms with E-state index in [1.165, 1.54) is 5.56 Å². The zero-order chi connectivity index (χ0) is 17.7. The number of nitrogens with one attached hydrogen (secondary N) is 1. The fourth-order valence-corrected chi connectivity index (χ4v) is 3.39. The van der Waals surface area contributed by atoms with Crippen LogP contribution in [0.1, 0.15) is 27.0 Å². The summed E-state index contributed by atoms with van der Waals surface area (Å²) in [6.45, 7) is 2.29. The zero-order valence-corrected chi connectivity index (χ0v) is 14.3. The molecular formula is C20H23NO4. The molecule has 0 aliphatic carbocycles. The first-order chi connectivity index (χ1) is 12.1. The van der Waals surface area contributed by atoms with E-state index in [9.17, 15) is 4.79 Å². The molecule has 2 aromatic carbocycles. The lowest BCUT2D eigenvalue weighted by Crippen LogP contribution is -2.47. The fourth-order valence-electron chi connectivity index (χ4n) is 3.39. The largest absolute Gasteiger partial charge is 0.478 e. The van der Waals surface area contributed by atoms with Crippen LogP contribution in [0.15, 0.2) is 48.5 Å². The van der Waals surface area contributed by atoms with Gasteiger partial charge in [-0.25, -0.2) is 4.79 Å². The lowest BCUT2D eigenvalue weighted by atomic mass is 9.86. The van der Waals surface area contributed by atoms with Crippen LogP contribution in [0.2, 0.25) is 0 Å². The van der Waals surface area contributed by atoms with E-state index in [4.69, 9.17) is 14.6 Å². The minimum Gasteiger partial charge on any atom is -0.478 e. The maximum atomic E-state index is 11.1. The fraction of sp³-hybridized carbons (Fsp3) is 0.350. The van der Waals surface area contributed by atoms with Crippen molar-refractivity contribution in [2.75, 3.05) is 26.9 Å². The number of carbonyl (C=O) groups is 1. The summed E-state index contributed by atoms with van der Waals surface area (Å²) in [5, 5.41) is 12.5. The number of hydrogen-bond donors (Lipinski definition) is 2. The summed E-state index contributed by atoms with van der Waals surface area (Å²) in [6.07, 6.45) is 0.905. The van der Waals surface area contributed by atoms with Crippen LogP contribution < -0.4 is 5.32 Å². The molecule has 2 aromatic rings. The van der Waals surface area contributed by atoms with Crippen molar-refractivity contribution in [3.8, 4) is 0 Å². The molecule has 0 bridgehead atoms. The molecule has 2 N–H and O–H groups in total. The summed E-state index contributed by atoms with van der Waals surface area (Å²) >= 11 is 0. The Kier molecular flexibility index (Phi) is 5.48. The number of hydrogen-bond acceptors (Lipinski definition) is 4. The van der Waals surface area contributed by atoms with E-state index >= 15 is 0 Å². The third-order valence-electron chi connectivity index (χ3n) is 4.55. The molecule has 5 heteroatoms. The molecule has 1 heterocycles. The zero-order valence-electron chi connectivity index (χ0n) is 14.3. The summed E-state index contributed by atoms with van der Waals surface area (Å²) in [6, 6.07) is 15.3. The second-order valence-corrected chi connectivity index (χ2v) is 6.29. The summed E-state index contributed by atoms with van der Waals surface area (Å²) < 4.78 is 11.6. The van der Waals surface area contributed by atoms with Crippen LogP contribution in [0.4, 0.5) is 0 Å². The van der Waals surface area contributed by atoms with Crippen LogP contribution in [-0.4, -0.2) is 37.9 Å². The Balaban J connectivity index is 1.74. The van der Waals surface area contributed by atoms with Crippen molar-refractivity contribution >= 4 is 5.97 Å². The van der Waals surface area contributed by atoms with E-state index in [0.29, 0.717) is 31.9 Å². The molecular weight excluding hydrogens is 318 g/mol. The monoisotopic (exact) mass is 341 g/mol. The predicted molar refractivity (Wildman–Crippen MR) is 94.8 cm³/mol. The lowest BCUT2D eigenvalue weighted by Gasteiger charge is -2.39. The summed E-state index contributed by atoms with van der Waals surface area (Å²) in [5.41, 5.74) is 3.16. The van der Waals surface area contributed by atoms with Gasteiger partial charge in [0.1, 0.15) is 5.60 Å². The van der Waals surface area contributed by atoms with E-state index in [1.807, 2.05) is 18.2 Å². The Morgan fingerprint density at radius 3 is 2.92 bits per heavy atom. The van der Waals surface area contributed by atoms with Crippen LogP contribution in [0.25, 0.3) is 0 Å². The highest BCUT2D eigenvalue weighted by Crippen LogP contribution is 2.33. The first-order valence-corrected chi connectivity index (χ1v) is 8.39. The third-order valence-corrected chi connectivity index (χ3v) is 4.55. The van der Waals surface area contributed by atoms with Crippen LogP contribution in [0, 0.1) is 0 Å². The van der Waals surface area contributed by atoms with Gasteiger partial charge in [-0.15, -0.1) is 0 Å². The standard InChI is InChI=1S/C20H23NO4/c1-24-14-20(18-8-3-2-6-16(18)9-10-25-20)13-21-12-15-5-4-7-17(11-15)19(22)23/h2-8,11,21H,9-10,12-14H2,1H3,(H,22,23). The van der Waals surface area contributed by atoms with Crippen LogP contribution >= 0.6 is 0 Å². The minimum absolute atomic E-state index is 0.296. The van der Waals surface area contributed by atoms with Crippen molar-refractivity contribution in [2.24, 2.45) is 0 Å². The molecule has 0 saturated heterocycles. The predicted octanol–water partition coefficient (Wildman–Crippen LogP) is 2.59. The lowest BCUT2D eigenvalue weighted by molar-refractivity contribution is -0.101. The molecule has 1 aliphatic rings. The van der Waals surface area contributed by atoms with E-state index < -0.39 is 11.6 Å². The van der Waals surface area contributed by atoms with Gasteiger partial charge in [-0.3, -0.25) is 0 Å². The molecule has 1 unspecified atom stereocenters. The van der Waals surface area contributed by atoms with Gasteiger partial charge >= 0.3 is 5.97 Å². The van der Waals surface area contributed by atoms with Gasteiger partial charge in [-0.1, -0.05) is 36.4 Å². The first-order valence-electron chi connectivity index (χ1n) is 8.39. The van der Waals surface area contributed by atoms with Crippen LogP contribution in [-0.2, 0) is 28.0 Å². The highest BCUT2D eigenvalue weighted by molar-refractivity contribution is 5.87. The quantitative estimate of drug-likeness (QED) is 0.810. The topological polar surface area (TPSA) is 67.8 Å². The van der Waals surface area contributed by atoms with Gasteiger partial charge in [0.15, 0.2) is 0 Å². The van der Waals surface area contributed by atoms with Gasteiger partial charge in [0.2, 0.25) is 0 Å². The molecule has 0 saturated carbocycles. The van der Waals surface area contributed by atoms with Crippen LogP contribution in [0.3, 0.4) is 0 Å². The van der Waals surface area contributed by atoms with Gasteiger partial charge in [0, 0.05) is 20.2 Å². The van der Waals surface area contributed by atoms with E-state index in [0.717, 1.165) is 17.5 Å². The number of carboxylic acid groups (broad SMARTS) is 1. The number of ether oxygens (including phenoxy) is 2. The summed E-state index contributed by atoms with van der Waals surface area (Å²) in [5.74, 6) is -0.915. The molecule has 25 heavy (non-hydrogen) atoms.